The summed E-state index contributed by atoms with van der Waals surface area (Å²) in [6.07, 6.45) is 9.97. The van der Waals surface area contributed by atoms with Crippen LogP contribution in [0, 0.1) is 0 Å². The summed E-state index contributed by atoms with van der Waals surface area (Å²) in [4.78, 5) is 0. The van der Waals surface area contributed by atoms with E-state index in [2.05, 4.69) is 5.32 Å². The fourth-order valence-corrected chi connectivity index (χ4v) is 5.60. The van der Waals surface area contributed by atoms with Gasteiger partial charge in [-0.25, -0.2) is 0 Å². The molecular weight excluding hydrogens is 286 g/mol. The van der Waals surface area contributed by atoms with E-state index in [1.165, 1.54) is 12.8 Å². The van der Waals surface area contributed by atoms with Crippen molar-refractivity contribution in [3.8, 4) is 0 Å². The molecular formula is C15H29N3O2S. The van der Waals surface area contributed by atoms with E-state index in [1.807, 2.05) is 0 Å². The van der Waals surface area contributed by atoms with Crippen molar-refractivity contribution < 1.29 is 8.42 Å². The van der Waals surface area contributed by atoms with Crippen LogP contribution in [-0.4, -0.2) is 55.3 Å². The molecule has 6 heteroatoms. The smallest absolute Gasteiger partial charge is 0.282 e. The van der Waals surface area contributed by atoms with Crippen LogP contribution < -0.4 is 5.32 Å². The van der Waals surface area contributed by atoms with Gasteiger partial charge >= 0.3 is 0 Å². The summed E-state index contributed by atoms with van der Waals surface area (Å²) in [5.74, 6) is 0. The zero-order valence-electron chi connectivity index (χ0n) is 13.1. The van der Waals surface area contributed by atoms with Crippen molar-refractivity contribution in [3.05, 3.63) is 0 Å². The van der Waals surface area contributed by atoms with Gasteiger partial charge < -0.3 is 5.32 Å². The first-order chi connectivity index (χ1) is 10.1. The van der Waals surface area contributed by atoms with Gasteiger partial charge in [0.1, 0.15) is 0 Å². The molecule has 2 aliphatic carbocycles. The molecule has 0 bridgehead atoms. The summed E-state index contributed by atoms with van der Waals surface area (Å²) in [7, 11) is -1.50. The first kappa shape index (κ1) is 15.7. The van der Waals surface area contributed by atoms with Gasteiger partial charge in [-0.1, -0.05) is 19.3 Å². The monoisotopic (exact) mass is 315 g/mol. The molecule has 1 unspecified atom stereocenters. The Morgan fingerprint density at radius 1 is 0.952 bits per heavy atom. The molecule has 0 aromatic rings. The third-order valence-electron chi connectivity index (χ3n) is 5.27. The summed E-state index contributed by atoms with van der Waals surface area (Å²) in [5, 5.41) is 3.44. The number of hydrogen-bond acceptors (Lipinski definition) is 3. The average molecular weight is 315 g/mol. The van der Waals surface area contributed by atoms with Gasteiger partial charge in [-0.2, -0.15) is 17.0 Å². The van der Waals surface area contributed by atoms with Crippen molar-refractivity contribution in [2.75, 3.05) is 20.1 Å². The van der Waals surface area contributed by atoms with Gasteiger partial charge in [0.2, 0.25) is 0 Å². The van der Waals surface area contributed by atoms with Crippen LogP contribution in [0.3, 0.4) is 0 Å². The molecule has 0 spiro atoms. The number of hydrogen-bond donors (Lipinski definition) is 1. The average Bonchev–Trinajstić information content (AvgIpc) is 3.20. The Morgan fingerprint density at radius 2 is 1.67 bits per heavy atom. The van der Waals surface area contributed by atoms with Crippen LogP contribution in [-0.2, 0) is 10.2 Å². The Labute approximate surface area is 129 Å². The van der Waals surface area contributed by atoms with Crippen molar-refractivity contribution in [1.29, 1.82) is 0 Å². The molecule has 2 saturated carbocycles. The van der Waals surface area contributed by atoms with Crippen molar-refractivity contribution >= 4 is 10.2 Å². The molecule has 0 amide bonds. The third-order valence-corrected chi connectivity index (χ3v) is 7.33. The SMILES string of the molecule is CN(C1CCCCC1)S(=O)(=O)N(CC1CCCN1)C1CC1. The highest BCUT2D eigenvalue weighted by Gasteiger charge is 2.42. The lowest BCUT2D eigenvalue weighted by atomic mass is 9.96. The first-order valence-electron chi connectivity index (χ1n) is 8.57. The van der Waals surface area contributed by atoms with E-state index in [0.717, 1.165) is 51.5 Å². The van der Waals surface area contributed by atoms with Gasteiger partial charge in [-0.15, -0.1) is 0 Å². The fourth-order valence-electron chi connectivity index (χ4n) is 3.72. The zero-order valence-corrected chi connectivity index (χ0v) is 13.9. The second-order valence-corrected chi connectivity index (χ2v) is 8.85. The van der Waals surface area contributed by atoms with E-state index in [-0.39, 0.29) is 12.1 Å². The Bertz CT molecular complexity index is 438. The van der Waals surface area contributed by atoms with E-state index >= 15 is 0 Å². The zero-order chi connectivity index (χ0) is 14.9. The molecule has 0 aromatic carbocycles. The fraction of sp³-hybridized carbons (Fsp3) is 1.00. The predicted molar refractivity (Wildman–Crippen MR) is 84.3 cm³/mol. The van der Waals surface area contributed by atoms with Crippen LogP contribution in [0.1, 0.15) is 57.8 Å². The van der Waals surface area contributed by atoms with E-state index < -0.39 is 10.2 Å². The van der Waals surface area contributed by atoms with Crippen molar-refractivity contribution in [3.63, 3.8) is 0 Å². The van der Waals surface area contributed by atoms with Gasteiger partial charge in [0.25, 0.3) is 10.2 Å². The molecule has 122 valence electrons. The summed E-state index contributed by atoms with van der Waals surface area (Å²) in [5.41, 5.74) is 0. The van der Waals surface area contributed by atoms with Crippen molar-refractivity contribution in [1.82, 2.24) is 13.9 Å². The summed E-state index contributed by atoms with van der Waals surface area (Å²) in [6, 6.07) is 0.810. The van der Waals surface area contributed by atoms with E-state index in [9.17, 15) is 8.42 Å². The van der Waals surface area contributed by atoms with Crippen LogP contribution in [0.4, 0.5) is 0 Å². The van der Waals surface area contributed by atoms with Crippen molar-refractivity contribution in [2.45, 2.75) is 75.9 Å². The third kappa shape index (κ3) is 3.60. The lowest BCUT2D eigenvalue weighted by molar-refractivity contribution is 0.255. The molecule has 3 fully saturated rings. The molecule has 1 atom stereocenters. The molecule has 3 rings (SSSR count). The molecule has 5 nitrogen and oxygen atoms in total. The quantitative estimate of drug-likeness (QED) is 0.812. The normalized spacial score (nSPS) is 28.6. The Kier molecular flexibility index (Phi) is 4.88. The minimum absolute atomic E-state index is 0.210. The molecule has 1 heterocycles. The minimum atomic E-state index is -3.30. The predicted octanol–water partition coefficient (Wildman–Crippen LogP) is 1.71. The lowest BCUT2D eigenvalue weighted by Crippen LogP contribution is -2.51. The van der Waals surface area contributed by atoms with Crippen molar-refractivity contribution in [2.24, 2.45) is 0 Å². The maximum Gasteiger partial charge on any atom is 0.282 e. The lowest BCUT2D eigenvalue weighted by Gasteiger charge is -2.35. The highest BCUT2D eigenvalue weighted by atomic mass is 32.2. The molecule has 1 N–H and O–H groups in total. The summed E-state index contributed by atoms with van der Waals surface area (Å²) in [6.45, 7) is 1.69. The van der Waals surface area contributed by atoms with Gasteiger partial charge in [0.15, 0.2) is 0 Å². The highest BCUT2D eigenvalue weighted by Crippen LogP contribution is 2.33. The second-order valence-electron chi connectivity index (χ2n) is 6.91. The van der Waals surface area contributed by atoms with E-state index in [0.29, 0.717) is 12.6 Å². The van der Waals surface area contributed by atoms with Gasteiger partial charge in [0.05, 0.1) is 0 Å². The topological polar surface area (TPSA) is 52.7 Å². The first-order valence-corrected chi connectivity index (χ1v) is 9.97. The molecule has 1 aliphatic heterocycles. The molecule has 0 aromatic heterocycles. The van der Waals surface area contributed by atoms with Gasteiger partial charge in [0, 0.05) is 31.7 Å². The number of nitrogens with zero attached hydrogens (tertiary/aromatic N) is 2. The van der Waals surface area contributed by atoms with Crippen LogP contribution in [0.2, 0.25) is 0 Å². The van der Waals surface area contributed by atoms with Gasteiger partial charge in [-0.05, 0) is 45.1 Å². The van der Waals surface area contributed by atoms with E-state index in [4.69, 9.17) is 0 Å². The number of nitrogens with one attached hydrogen (secondary N) is 1. The van der Waals surface area contributed by atoms with E-state index in [1.54, 1.807) is 15.7 Å². The Morgan fingerprint density at radius 3 is 2.24 bits per heavy atom. The number of rotatable bonds is 6. The maximum absolute atomic E-state index is 13.0. The Hall–Kier alpha value is -0.170. The molecule has 21 heavy (non-hydrogen) atoms. The molecule has 1 saturated heterocycles. The van der Waals surface area contributed by atoms with Crippen LogP contribution in [0.5, 0.6) is 0 Å². The standard InChI is InChI=1S/C15H29N3O2S/c1-17(14-7-3-2-4-8-14)21(19,20)18(15-9-10-15)12-13-6-5-11-16-13/h13-16H,2-12H2,1H3. The molecule has 0 radical (unpaired) electrons. The second kappa shape index (κ2) is 6.52. The van der Waals surface area contributed by atoms with Crippen LogP contribution in [0.15, 0.2) is 0 Å². The largest absolute Gasteiger partial charge is 0.313 e. The highest BCUT2D eigenvalue weighted by molar-refractivity contribution is 7.86. The van der Waals surface area contributed by atoms with Gasteiger partial charge in [-0.3, -0.25) is 0 Å². The van der Waals surface area contributed by atoms with Crippen LogP contribution >= 0.6 is 0 Å². The summed E-state index contributed by atoms with van der Waals surface area (Å²) >= 11 is 0. The van der Waals surface area contributed by atoms with Crippen LogP contribution in [0.25, 0.3) is 0 Å². The maximum atomic E-state index is 13.0. The minimum Gasteiger partial charge on any atom is -0.313 e. The summed E-state index contributed by atoms with van der Waals surface area (Å²) < 4.78 is 29.5. The Balaban J connectivity index is 1.69. The molecule has 3 aliphatic rings.